The van der Waals surface area contributed by atoms with Gasteiger partial charge in [-0.2, -0.15) is 9.78 Å². The summed E-state index contributed by atoms with van der Waals surface area (Å²) >= 11 is 6.03. The lowest BCUT2D eigenvalue weighted by Crippen LogP contribution is -2.30. The first-order valence-corrected chi connectivity index (χ1v) is 11.5. The standard InChI is InChI=1S/C27H19ClF2N4O3/c1-15-4-2-3-5-23(15)34-25(35)20(24(32-34)16-6-9-18(28)10-7-16)13-22-26(36)33(27(37)31-22)14-17-8-11-19(29)12-21(17)30/h2-13,35H,14H2,1H3,(H,31,37)/b22-13-. The summed E-state index contributed by atoms with van der Waals surface area (Å²) in [4.78, 5) is 26.5. The van der Waals surface area contributed by atoms with E-state index in [4.69, 9.17) is 11.6 Å². The molecule has 1 aromatic heterocycles. The second-order valence-corrected chi connectivity index (χ2v) is 8.84. The molecule has 3 amide bonds. The number of nitrogens with zero attached hydrogens (tertiary/aromatic N) is 3. The van der Waals surface area contributed by atoms with E-state index in [1.54, 1.807) is 36.4 Å². The molecule has 186 valence electrons. The molecule has 0 spiro atoms. The van der Waals surface area contributed by atoms with E-state index in [0.717, 1.165) is 16.5 Å². The van der Waals surface area contributed by atoms with E-state index in [9.17, 15) is 23.5 Å². The number of carbonyl (C=O) groups excluding carboxylic acids is 2. The highest BCUT2D eigenvalue weighted by atomic mass is 35.5. The van der Waals surface area contributed by atoms with E-state index < -0.39 is 30.1 Å². The number of para-hydroxylation sites is 1. The maximum absolute atomic E-state index is 14.1. The Labute approximate surface area is 215 Å². The number of amides is 3. The van der Waals surface area contributed by atoms with Crippen LogP contribution in [-0.4, -0.2) is 31.7 Å². The average Bonchev–Trinajstić information content (AvgIpc) is 3.32. The van der Waals surface area contributed by atoms with Gasteiger partial charge in [0.1, 0.15) is 23.0 Å². The summed E-state index contributed by atoms with van der Waals surface area (Å²) in [5, 5.41) is 18.7. The van der Waals surface area contributed by atoms with Gasteiger partial charge in [-0.25, -0.2) is 13.6 Å². The maximum atomic E-state index is 14.1. The van der Waals surface area contributed by atoms with Crippen molar-refractivity contribution in [2.45, 2.75) is 13.5 Å². The molecule has 0 unspecified atom stereocenters. The smallest absolute Gasteiger partial charge is 0.329 e. The van der Waals surface area contributed by atoms with Crippen LogP contribution in [0.1, 0.15) is 16.7 Å². The maximum Gasteiger partial charge on any atom is 0.329 e. The van der Waals surface area contributed by atoms with Crippen molar-refractivity contribution in [3.8, 4) is 22.8 Å². The Balaban J connectivity index is 1.58. The van der Waals surface area contributed by atoms with Gasteiger partial charge in [0.05, 0.1) is 17.8 Å². The molecule has 0 atom stereocenters. The van der Waals surface area contributed by atoms with Crippen molar-refractivity contribution in [3.63, 3.8) is 0 Å². The molecule has 5 rings (SSSR count). The molecule has 2 heterocycles. The van der Waals surface area contributed by atoms with Crippen molar-refractivity contribution in [3.05, 3.63) is 106 Å². The molecule has 3 aromatic carbocycles. The van der Waals surface area contributed by atoms with Crippen molar-refractivity contribution in [2.24, 2.45) is 0 Å². The zero-order valence-corrected chi connectivity index (χ0v) is 20.1. The number of halogens is 3. The molecular formula is C27H19ClF2N4O3. The van der Waals surface area contributed by atoms with Gasteiger partial charge in [-0.05, 0) is 42.8 Å². The minimum absolute atomic E-state index is 0.0248. The number of benzene rings is 3. The van der Waals surface area contributed by atoms with Crippen LogP contribution in [0.15, 0.2) is 72.4 Å². The van der Waals surface area contributed by atoms with Crippen molar-refractivity contribution < 1.29 is 23.5 Å². The lowest BCUT2D eigenvalue weighted by atomic mass is 10.1. The van der Waals surface area contributed by atoms with Crippen LogP contribution < -0.4 is 5.32 Å². The van der Waals surface area contributed by atoms with Gasteiger partial charge in [-0.1, -0.05) is 48.0 Å². The molecule has 1 saturated heterocycles. The average molecular weight is 521 g/mol. The van der Waals surface area contributed by atoms with Crippen molar-refractivity contribution in [2.75, 3.05) is 0 Å². The van der Waals surface area contributed by atoms with Crippen LogP contribution in [0.2, 0.25) is 5.02 Å². The van der Waals surface area contributed by atoms with Gasteiger partial charge in [-0.3, -0.25) is 9.69 Å². The zero-order valence-electron chi connectivity index (χ0n) is 19.4. The Morgan fingerprint density at radius 2 is 1.78 bits per heavy atom. The number of aromatic hydroxyl groups is 1. The molecule has 37 heavy (non-hydrogen) atoms. The monoisotopic (exact) mass is 520 g/mol. The van der Waals surface area contributed by atoms with Gasteiger partial charge in [0.2, 0.25) is 5.88 Å². The van der Waals surface area contributed by atoms with E-state index in [1.807, 2.05) is 19.1 Å². The number of carbonyl (C=O) groups is 2. The van der Waals surface area contributed by atoms with Crippen molar-refractivity contribution in [1.82, 2.24) is 20.0 Å². The second-order valence-electron chi connectivity index (χ2n) is 8.41. The Hall–Kier alpha value is -4.50. The van der Waals surface area contributed by atoms with E-state index in [0.29, 0.717) is 28.0 Å². The summed E-state index contributed by atoms with van der Waals surface area (Å²) < 4.78 is 28.7. The highest BCUT2D eigenvalue weighted by Gasteiger charge is 2.35. The van der Waals surface area contributed by atoms with Crippen LogP contribution in [0.25, 0.3) is 23.0 Å². The molecule has 0 radical (unpaired) electrons. The molecule has 4 aromatic rings. The predicted molar refractivity (Wildman–Crippen MR) is 134 cm³/mol. The van der Waals surface area contributed by atoms with Crippen LogP contribution in [0.3, 0.4) is 0 Å². The van der Waals surface area contributed by atoms with Gasteiger partial charge >= 0.3 is 6.03 Å². The zero-order chi connectivity index (χ0) is 26.3. The molecule has 0 bridgehead atoms. The lowest BCUT2D eigenvalue weighted by molar-refractivity contribution is -0.123. The fourth-order valence-corrected chi connectivity index (χ4v) is 4.15. The van der Waals surface area contributed by atoms with E-state index in [-0.39, 0.29) is 22.7 Å². The largest absolute Gasteiger partial charge is 0.493 e. The number of urea groups is 1. The SMILES string of the molecule is Cc1ccccc1-n1nc(-c2ccc(Cl)cc2)c(/C=C2\NC(=O)N(Cc3ccc(F)cc3F)C2=O)c1O. The number of hydrogen-bond donors (Lipinski definition) is 2. The Morgan fingerprint density at radius 3 is 2.49 bits per heavy atom. The van der Waals surface area contributed by atoms with Gasteiger partial charge in [0.15, 0.2) is 0 Å². The fraction of sp³-hybridized carbons (Fsp3) is 0.0741. The first kappa shape index (κ1) is 24.2. The highest BCUT2D eigenvalue weighted by molar-refractivity contribution is 6.30. The van der Waals surface area contributed by atoms with Crippen molar-refractivity contribution >= 4 is 29.6 Å². The third-order valence-electron chi connectivity index (χ3n) is 5.95. The topological polar surface area (TPSA) is 87.5 Å². The second kappa shape index (κ2) is 9.51. The van der Waals surface area contributed by atoms with Crippen LogP contribution in [0, 0.1) is 18.6 Å². The normalized spacial score (nSPS) is 14.5. The summed E-state index contributed by atoms with van der Waals surface area (Å²) in [7, 11) is 0. The van der Waals surface area contributed by atoms with Crippen molar-refractivity contribution in [1.29, 1.82) is 0 Å². The van der Waals surface area contributed by atoms with E-state index in [2.05, 4.69) is 10.4 Å². The van der Waals surface area contributed by atoms with Crippen LogP contribution in [0.5, 0.6) is 5.88 Å². The summed E-state index contributed by atoms with van der Waals surface area (Å²) in [5.74, 6) is -2.63. The minimum atomic E-state index is -0.875. The van der Waals surface area contributed by atoms with E-state index in [1.165, 1.54) is 16.8 Å². The third kappa shape index (κ3) is 4.56. The molecular weight excluding hydrogens is 502 g/mol. The Kier molecular flexibility index (Phi) is 6.22. The molecule has 2 N–H and O–H groups in total. The van der Waals surface area contributed by atoms with Gasteiger partial charge in [-0.15, -0.1) is 0 Å². The fourth-order valence-electron chi connectivity index (χ4n) is 4.02. The molecule has 1 aliphatic heterocycles. The molecule has 10 heteroatoms. The Morgan fingerprint density at radius 1 is 1.05 bits per heavy atom. The number of rotatable bonds is 5. The number of imide groups is 1. The number of nitrogens with one attached hydrogen (secondary N) is 1. The number of aryl methyl sites for hydroxylation is 1. The summed E-state index contributed by atoms with van der Waals surface area (Å²) in [6.45, 7) is 1.47. The van der Waals surface area contributed by atoms with Gasteiger partial charge in [0, 0.05) is 22.2 Å². The molecule has 7 nitrogen and oxygen atoms in total. The Bertz CT molecular complexity index is 1580. The van der Waals surface area contributed by atoms with Gasteiger partial charge < -0.3 is 10.4 Å². The number of aromatic nitrogens is 2. The predicted octanol–water partition coefficient (Wildman–Crippen LogP) is 5.58. The van der Waals surface area contributed by atoms with Gasteiger partial charge in [0.25, 0.3) is 5.91 Å². The first-order valence-electron chi connectivity index (χ1n) is 11.2. The summed E-state index contributed by atoms with van der Waals surface area (Å²) in [6.07, 6.45) is 1.32. The van der Waals surface area contributed by atoms with E-state index >= 15 is 0 Å². The number of hydrogen-bond acceptors (Lipinski definition) is 4. The highest BCUT2D eigenvalue weighted by Crippen LogP contribution is 2.35. The minimum Gasteiger partial charge on any atom is -0.493 e. The first-order chi connectivity index (χ1) is 17.7. The molecule has 1 fully saturated rings. The van der Waals surface area contributed by atoms with Crippen LogP contribution in [0.4, 0.5) is 13.6 Å². The molecule has 1 aliphatic rings. The van der Waals surface area contributed by atoms with Crippen LogP contribution >= 0.6 is 11.6 Å². The quantitative estimate of drug-likeness (QED) is 0.266. The lowest BCUT2D eigenvalue weighted by Gasteiger charge is -2.12. The molecule has 0 aliphatic carbocycles. The third-order valence-corrected chi connectivity index (χ3v) is 6.20. The molecule has 0 saturated carbocycles. The van der Waals surface area contributed by atoms with Crippen LogP contribution in [-0.2, 0) is 11.3 Å². The summed E-state index contributed by atoms with van der Waals surface area (Å²) in [6, 6.07) is 16.2. The summed E-state index contributed by atoms with van der Waals surface area (Å²) in [5.41, 5.74) is 2.44.